The first-order chi connectivity index (χ1) is 17.0. The smallest absolute Gasteiger partial charge is 0.326 e. The fourth-order valence-corrected chi connectivity index (χ4v) is 4.25. The molecule has 10 nitrogen and oxygen atoms in total. The predicted octanol–water partition coefficient (Wildman–Crippen LogP) is 0.963. The van der Waals surface area contributed by atoms with E-state index in [2.05, 4.69) is 16.0 Å². The van der Waals surface area contributed by atoms with Gasteiger partial charge in [0.2, 0.25) is 17.7 Å². The van der Waals surface area contributed by atoms with Crippen molar-refractivity contribution in [3.63, 3.8) is 0 Å². The number of benzene rings is 1. The van der Waals surface area contributed by atoms with Crippen molar-refractivity contribution in [1.29, 1.82) is 0 Å². The number of hydrogen-bond acceptors (Lipinski definition) is 8. The number of aliphatic carboxylic acids is 1. The van der Waals surface area contributed by atoms with Gasteiger partial charge in [0.15, 0.2) is 0 Å². The van der Waals surface area contributed by atoms with Gasteiger partial charge in [-0.1, -0.05) is 26.0 Å². The fraction of sp³-hybridized carbons (Fsp3) is 0.583. The summed E-state index contributed by atoms with van der Waals surface area (Å²) < 4.78 is 0. The molecule has 36 heavy (non-hydrogen) atoms. The number of hydrogen-bond donors (Lipinski definition) is 6. The van der Waals surface area contributed by atoms with E-state index in [0.717, 1.165) is 5.56 Å². The van der Waals surface area contributed by atoms with Gasteiger partial charge in [-0.25, -0.2) is 4.79 Å². The number of amides is 3. The molecule has 202 valence electrons. The minimum atomic E-state index is -1.14. The Kier molecular flexibility index (Phi) is 14.3. The van der Waals surface area contributed by atoms with E-state index in [1.54, 1.807) is 26.0 Å². The molecule has 4 atom stereocenters. The van der Waals surface area contributed by atoms with E-state index in [0.29, 0.717) is 17.9 Å². The van der Waals surface area contributed by atoms with Crippen LogP contribution in [0.25, 0.3) is 0 Å². The molecule has 1 rings (SSSR count). The third kappa shape index (κ3) is 11.1. The van der Waals surface area contributed by atoms with Crippen LogP contribution in [0.5, 0.6) is 5.75 Å². The summed E-state index contributed by atoms with van der Waals surface area (Å²) in [6.45, 7) is 3.48. The van der Waals surface area contributed by atoms with E-state index >= 15 is 0 Å². The molecule has 0 radical (unpaired) electrons. The Morgan fingerprint density at radius 3 is 1.89 bits per heavy atom. The number of carbonyl (C=O) groups is 4. The number of aromatic hydroxyl groups is 1. The molecule has 0 heterocycles. The van der Waals surface area contributed by atoms with Crippen LogP contribution >= 0.6 is 23.5 Å². The number of carboxylic acids is 1. The maximum absolute atomic E-state index is 13.1. The normalized spacial score (nSPS) is 14.4. The number of carbonyl (C=O) groups excluding carboxylic acids is 3. The van der Waals surface area contributed by atoms with Crippen LogP contribution in [0.4, 0.5) is 0 Å². The molecule has 1 aromatic rings. The predicted molar refractivity (Wildman–Crippen MR) is 144 cm³/mol. The molecule has 0 aromatic heterocycles. The SMILES string of the molecule is CSCC[C@H](NC(=O)[C@@H](N)Cc1ccc(O)cc1)C(=O)N[C@H](C(=O)N[C@H](CCSC)C(=O)O)C(C)C. The van der Waals surface area contributed by atoms with E-state index in [1.807, 2.05) is 12.5 Å². The maximum Gasteiger partial charge on any atom is 0.326 e. The summed E-state index contributed by atoms with van der Waals surface area (Å²) in [6, 6.07) is 2.45. The third-order valence-electron chi connectivity index (χ3n) is 5.44. The first-order valence-corrected chi connectivity index (χ1v) is 14.4. The number of phenolic OH excluding ortho intramolecular Hbond substituents is 1. The van der Waals surface area contributed by atoms with Crippen LogP contribution in [-0.2, 0) is 25.6 Å². The van der Waals surface area contributed by atoms with Gasteiger partial charge in [-0.3, -0.25) is 14.4 Å². The lowest BCUT2D eigenvalue weighted by molar-refractivity contribution is -0.142. The van der Waals surface area contributed by atoms with E-state index in [-0.39, 0.29) is 24.5 Å². The Morgan fingerprint density at radius 1 is 0.861 bits per heavy atom. The van der Waals surface area contributed by atoms with Crippen LogP contribution in [-0.4, -0.2) is 82.1 Å². The Hall–Kier alpha value is -2.44. The molecule has 0 aliphatic rings. The molecule has 12 heteroatoms. The minimum absolute atomic E-state index is 0.105. The number of nitrogens with one attached hydrogen (secondary N) is 3. The third-order valence-corrected chi connectivity index (χ3v) is 6.73. The second-order valence-corrected chi connectivity index (χ2v) is 10.7. The Balaban J connectivity index is 2.89. The van der Waals surface area contributed by atoms with Crippen LogP contribution in [0.3, 0.4) is 0 Å². The molecule has 0 saturated carbocycles. The minimum Gasteiger partial charge on any atom is -0.508 e. The number of carboxylic acid groups (broad SMARTS) is 1. The van der Waals surface area contributed by atoms with Gasteiger partial charge in [0.25, 0.3) is 0 Å². The lowest BCUT2D eigenvalue weighted by Crippen LogP contribution is -2.58. The van der Waals surface area contributed by atoms with Crippen molar-refractivity contribution >= 4 is 47.2 Å². The first-order valence-electron chi connectivity index (χ1n) is 11.6. The van der Waals surface area contributed by atoms with E-state index in [1.165, 1.54) is 35.7 Å². The molecule has 0 unspecified atom stereocenters. The highest BCUT2D eigenvalue weighted by molar-refractivity contribution is 7.98. The molecule has 0 bridgehead atoms. The van der Waals surface area contributed by atoms with Gasteiger partial charge < -0.3 is 31.9 Å². The average Bonchev–Trinajstić information content (AvgIpc) is 2.83. The largest absolute Gasteiger partial charge is 0.508 e. The van der Waals surface area contributed by atoms with Crippen LogP contribution in [0.1, 0.15) is 32.3 Å². The summed E-state index contributed by atoms with van der Waals surface area (Å²) in [7, 11) is 0. The first kappa shape index (κ1) is 31.6. The van der Waals surface area contributed by atoms with Crippen LogP contribution < -0.4 is 21.7 Å². The van der Waals surface area contributed by atoms with Crippen LogP contribution in [0, 0.1) is 5.92 Å². The second kappa shape index (κ2) is 16.3. The Morgan fingerprint density at radius 2 is 1.39 bits per heavy atom. The van der Waals surface area contributed by atoms with Gasteiger partial charge in [0.1, 0.15) is 23.9 Å². The highest BCUT2D eigenvalue weighted by Gasteiger charge is 2.31. The number of nitrogens with two attached hydrogens (primary N) is 1. The van der Waals surface area contributed by atoms with Gasteiger partial charge in [-0.05, 0) is 66.9 Å². The maximum atomic E-state index is 13.1. The van der Waals surface area contributed by atoms with Crippen molar-refractivity contribution in [3.8, 4) is 5.75 Å². The van der Waals surface area contributed by atoms with Crippen molar-refractivity contribution in [2.75, 3.05) is 24.0 Å². The van der Waals surface area contributed by atoms with E-state index in [4.69, 9.17) is 5.73 Å². The van der Waals surface area contributed by atoms with Crippen LogP contribution in [0.15, 0.2) is 24.3 Å². The van der Waals surface area contributed by atoms with E-state index < -0.39 is 47.9 Å². The summed E-state index contributed by atoms with van der Waals surface area (Å²) in [6.07, 6.45) is 4.51. The highest BCUT2D eigenvalue weighted by Crippen LogP contribution is 2.12. The molecule has 7 N–H and O–H groups in total. The Labute approximate surface area is 220 Å². The standard InChI is InChI=1S/C24H38N4O6S2/c1-14(2)20(23(32)27-19(24(33)34)10-12-36-4)28-22(31)18(9-11-35-3)26-21(30)17(25)13-15-5-7-16(29)8-6-15/h5-8,14,17-20,29H,9-13,25H2,1-4H3,(H,26,30)(H,27,32)(H,28,31)(H,33,34)/t17-,18-,19+,20-/m0/s1. The number of phenols is 1. The van der Waals surface area contributed by atoms with Crippen molar-refractivity contribution in [3.05, 3.63) is 29.8 Å². The Bertz CT molecular complexity index is 869. The van der Waals surface area contributed by atoms with Gasteiger partial charge in [-0.2, -0.15) is 23.5 Å². The molecule has 3 amide bonds. The molecule has 0 aliphatic carbocycles. The van der Waals surface area contributed by atoms with Crippen molar-refractivity contribution < 1.29 is 29.4 Å². The lowest BCUT2D eigenvalue weighted by Gasteiger charge is -2.27. The fourth-order valence-electron chi connectivity index (χ4n) is 3.31. The zero-order valence-corrected chi connectivity index (χ0v) is 22.8. The quantitative estimate of drug-likeness (QED) is 0.178. The summed E-state index contributed by atoms with van der Waals surface area (Å²) >= 11 is 2.98. The number of thioether (sulfide) groups is 2. The summed E-state index contributed by atoms with van der Waals surface area (Å²) in [5.41, 5.74) is 6.81. The monoisotopic (exact) mass is 542 g/mol. The molecule has 0 saturated heterocycles. The van der Waals surface area contributed by atoms with Gasteiger partial charge >= 0.3 is 5.97 Å². The zero-order valence-electron chi connectivity index (χ0n) is 21.2. The zero-order chi connectivity index (χ0) is 27.3. The second-order valence-electron chi connectivity index (χ2n) is 8.73. The molecule has 0 aliphatic heterocycles. The average molecular weight is 543 g/mol. The molecule has 0 spiro atoms. The van der Waals surface area contributed by atoms with Crippen molar-refractivity contribution in [2.45, 2.75) is 57.3 Å². The summed E-state index contributed by atoms with van der Waals surface area (Å²) in [4.78, 5) is 50.3. The lowest BCUT2D eigenvalue weighted by atomic mass is 10.0. The van der Waals surface area contributed by atoms with Crippen molar-refractivity contribution in [2.24, 2.45) is 11.7 Å². The summed E-state index contributed by atoms with van der Waals surface area (Å²) in [5.74, 6) is -1.86. The molecular weight excluding hydrogens is 504 g/mol. The highest BCUT2D eigenvalue weighted by atomic mass is 32.2. The van der Waals surface area contributed by atoms with Crippen LogP contribution in [0.2, 0.25) is 0 Å². The number of rotatable bonds is 16. The summed E-state index contributed by atoms with van der Waals surface area (Å²) in [5, 5.41) is 26.7. The molecule has 1 aromatic carbocycles. The topological polar surface area (TPSA) is 171 Å². The molecule has 0 fully saturated rings. The van der Waals surface area contributed by atoms with E-state index in [9.17, 15) is 29.4 Å². The van der Waals surface area contributed by atoms with Gasteiger partial charge in [0, 0.05) is 0 Å². The molecular formula is C24H38N4O6S2. The van der Waals surface area contributed by atoms with Gasteiger partial charge in [0.05, 0.1) is 6.04 Å². The van der Waals surface area contributed by atoms with Gasteiger partial charge in [-0.15, -0.1) is 0 Å². The van der Waals surface area contributed by atoms with Crippen molar-refractivity contribution in [1.82, 2.24) is 16.0 Å².